The van der Waals surface area contributed by atoms with Crippen LogP contribution in [0.25, 0.3) is 10.9 Å². The molecule has 0 aliphatic rings. The largest absolute Gasteiger partial charge is 0.496 e. The minimum atomic E-state index is -0.239. The van der Waals surface area contributed by atoms with Gasteiger partial charge in [-0.15, -0.1) is 0 Å². The summed E-state index contributed by atoms with van der Waals surface area (Å²) >= 11 is 6.39. The Morgan fingerprint density at radius 2 is 1.86 bits per heavy atom. The summed E-state index contributed by atoms with van der Waals surface area (Å²) in [6.07, 6.45) is 0. The average molecular weight is 411 g/mol. The maximum atomic E-state index is 12.8. The van der Waals surface area contributed by atoms with E-state index in [1.807, 2.05) is 50.2 Å². The number of carbonyl (C=O) groups excluding carboxylic acids is 1. The SMILES string of the molecule is COc1cc(Cl)c([C@H](C)NC(=O)c2ccc3nc(C(C)(C)C)ccc3c2)cc1C. The highest BCUT2D eigenvalue weighted by molar-refractivity contribution is 6.31. The fourth-order valence-corrected chi connectivity index (χ4v) is 3.60. The molecule has 1 N–H and O–H groups in total. The van der Waals surface area contributed by atoms with Crippen molar-refractivity contribution in [2.75, 3.05) is 7.11 Å². The van der Waals surface area contributed by atoms with Gasteiger partial charge in [-0.3, -0.25) is 9.78 Å². The lowest BCUT2D eigenvalue weighted by Crippen LogP contribution is -2.27. The third-order valence-electron chi connectivity index (χ3n) is 5.05. The lowest BCUT2D eigenvalue weighted by molar-refractivity contribution is 0.0940. The molecule has 0 saturated heterocycles. The fourth-order valence-electron chi connectivity index (χ4n) is 3.28. The van der Waals surface area contributed by atoms with Gasteiger partial charge in [0.1, 0.15) is 5.75 Å². The van der Waals surface area contributed by atoms with Crippen molar-refractivity contribution < 1.29 is 9.53 Å². The lowest BCUT2D eigenvalue weighted by atomic mass is 9.91. The number of hydrogen-bond donors (Lipinski definition) is 1. The van der Waals surface area contributed by atoms with Crippen LogP contribution in [0.1, 0.15) is 60.9 Å². The number of rotatable bonds is 4. The molecule has 0 saturated carbocycles. The van der Waals surface area contributed by atoms with E-state index in [2.05, 4.69) is 26.1 Å². The van der Waals surface area contributed by atoms with Crippen molar-refractivity contribution in [3.8, 4) is 5.75 Å². The van der Waals surface area contributed by atoms with E-state index in [0.29, 0.717) is 10.6 Å². The lowest BCUT2D eigenvalue weighted by Gasteiger charge is -2.19. The first kappa shape index (κ1) is 21.1. The first-order chi connectivity index (χ1) is 13.6. The molecule has 1 heterocycles. The molecule has 29 heavy (non-hydrogen) atoms. The zero-order valence-electron chi connectivity index (χ0n) is 17.8. The van der Waals surface area contributed by atoms with Gasteiger partial charge in [-0.2, -0.15) is 0 Å². The van der Waals surface area contributed by atoms with Crippen LogP contribution in [0.15, 0.2) is 42.5 Å². The maximum Gasteiger partial charge on any atom is 0.251 e. The highest BCUT2D eigenvalue weighted by atomic mass is 35.5. The van der Waals surface area contributed by atoms with E-state index in [9.17, 15) is 4.79 Å². The summed E-state index contributed by atoms with van der Waals surface area (Å²) in [5, 5.41) is 4.54. The molecule has 0 bridgehead atoms. The summed E-state index contributed by atoms with van der Waals surface area (Å²) in [6, 6.07) is 13.1. The second-order valence-corrected chi connectivity index (χ2v) is 8.80. The van der Waals surface area contributed by atoms with Crippen LogP contribution in [0.5, 0.6) is 5.75 Å². The van der Waals surface area contributed by atoms with Crippen LogP contribution in [-0.2, 0) is 5.41 Å². The molecule has 4 nitrogen and oxygen atoms in total. The summed E-state index contributed by atoms with van der Waals surface area (Å²) in [7, 11) is 1.61. The third-order valence-corrected chi connectivity index (χ3v) is 5.38. The molecule has 5 heteroatoms. The van der Waals surface area contributed by atoms with Gasteiger partial charge < -0.3 is 10.1 Å². The van der Waals surface area contributed by atoms with Gasteiger partial charge >= 0.3 is 0 Å². The zero-order chi connectivity index (χ0) is 21.3. The Morgan fingerprint density at radius 3 is 2.52 bits per heavy atom. The fraction of sp³-hybridized carbons (Fsp3) is 0.333. The van der Waals surface area contributed by atoms with Gasteiger partial charge in [0, 0.05) is 27.1 Å². The topological polar surface area (TPSA) is 51.2 Å². The van der Waals surface area contributed by atoms with Crippen LogP contribution in [0.4, 0.5) is 0 Å². The molecule has 1 amide bonds. The number of ether oxygens (including phenoxy) is 1. The Labute approximate surface area is 177 Å². The Balaban J connectivity index is 1.83. The van der Waals surface area contributed by atoms with E-state index in [1.165, 1.54) is 0 Å². The molecule has 152 valence electrons. The molecule has 0 aliphatic carbocycles. The summed E-state index contributed by atoms with van der Waals surface area (Å²) in [4.78, 5) is 17.6. The third kappa shape index (κ3) is 4.54. The number of nitrogens with zero attached hydrogens (tertiary/aromatic N) is 1. The smallest absolute Gasteiger partial charge is 0.251 e. The van der Waals surface area contributed by atoms with Gasteiger partial charge in [0.2, 0.25) is 0 Å². The number of benzene rings is 2. The summed E-state index contributed by atoms with van der Waals surface area (Å²) in [5.41, 5.74) is 4.32. The van der Waals surface area contributed by atoms with Crippen LogP contribution in [-0.4, -0.2) is 18.0 Å². The molecule has 1 atom stereocenters. The van der Waals surface area contributed by atoms with Gasteiger partial charge in [0.25, 0.3) is 5.91 Å². The zero-order valence-corrected chi connectivity index (χ0v) is 18.5. The molecule has 0 unspecified atom stereocenters. The molecule has 0 spiro atoms. The number of fused-ring (bicyclic) bond motifs is 1. The van der Waals surface area contributed by atoms with E-state index in [-0.39, 0.29) is 17.4 Å². The van der Waals surface area contributed by atoms with Crippen LogP contribution in [0, 0.1) is 6.92 Å². The first-order valence-electron chi connectivity index (χ1n) is 9.66. The molecule has 1 aromatic heterocycles. The molecule has 0 fully saturated rings. The Bertz CT molecular complexity index is 1070. The number of aromatic nitrogens is 1. The van der Waals surface area contributed by atoms with Gasteiger partial charge in [-0.1, -0.05) is 38.4 Å². The number of hydrogen-bond acceptors (Lipinski definition) is 3. The normalized spacial score (nSPS) is 12.7. The number of amides is 1. The predicted molar refractivity (Wildman–Crippen MR) is 119 cm³/mol. The summed E-state index contributed by atoms with van der Waals surface area (Å²) in [5.74, 6) is 0.581. The highest BCUT2D eigenvalue weighted by Crippen LogP contribution is 2.31. The molecule has 2 aromatic carbocycles. The van der Waals surface area contributed by atoms with Crippen molar-refractivity contribution in [3.63, 3.8) is 0 Å². The number of aryl methyl sites for hydroxylation is 1. The average Bonchev–Trinajstić information content (AvgIpc) is 2.67. The number of halogens is 1. The molecule has 3 rings (SSSR count). The van der Waals surface area contributed by atoms with Crippen molar-refractivity contribution in [3.05, 3.63) is 69.9 Å². The van der Waals surface area contributed by atoms with Gasteiger partial charge in [-0.05, 0) is 61.4 Å². The van der Waals surface area contributed by atoms with Crippen molar-refractivity contribution in [1.29, 1.82) is 0 Å². The van der Waals surface area contributed by atoms with E-state index in [1.54, 1.807) is 13.2 Å². The second kappa shape index (κ2) is 8.03. The van der Waals surface area contributed by atoms with Crippen molar-refractivity contribution in [2.45, 2.75) is 46.1 Å². The van der Waals surface area contributed by atoms with Crippen LogP contribution >= 0.6 is 11.6 Å². The summed E-state index contributed by atoms with van der Waals surface area (Å²) in [6.45, 7) is 10.3. The Kier molecular flexibility index (Phi) is 5.85. The number of pyridine rings is 1. The van der Waals surface area contributed by atoms with Gasteiger partial charge in [0.05, 0.1) is 18.7 Å². The first-order valence-corrected chi connectivity index (χ1v) is 10.0. The minimum Gasteiger partial charge on any atom is -0.496 e. The van der Waals surface area contributed by atoms with E-state index < -0.39 is 0 Å². The number of methoxy groups -OCH3 is 1. The van der Waals surface area contributed by atoms with Crippen molar-refractivity contribution in [2.24, 2.45) is 0 Å². The molecule has 0 radical (unpaired) electrons. The molecule has 0 aliphatic heterocycles. The highest BCUT2D eigenvalue weighted by Gasteiger charge is 2.18. The second-order valence-electron chi connectivity index (χ2n) is 8.39. The molecule has 3 aromatic rings. The van der Waals surface area contributed by atoms with Gasteiger partial charge in [0.15, 0.2) is 0 Å². The molecular formula is C24H27ClN2O2. The van der Waals surface area contributed by atoms with E-state index in [4.69, 9.17) is 21.3 Å². The van der Waals surface area contributed by atoms with E-state index >= 15 is 0 Å². The Hall–Kier alpha value is -2.59. The Morgan fingerprint density at radius 1 is 1.14 bits per heavy atom. The number of carbonyl (C=O) groups is 1. The van der Waals surface area contributed by atoms with Crippen LogP contribution in [0.2, 0.25) is 5.02 Å². The quantitative estimate of drug-likeness (QED) is 0.574. The van der Waals surface area contributed by atoms with Crippen LogP contribution < -0.4 is 10.1 Å². The maximum absolute atomic E-state index is 12.8. The monoisotopic (exact) mass is 410 g/mol. The standard InChI is InChI=1S/C24H27ClN2O2/c1-14-11-18(19(25)13-21(14)29-6)15(2)26-23(28)17-7-9-20-16(12-17)8-10-22(27-20)24(3,4)5/h7-13,15H,1-6H3,(H,26,28)/t15-/m0/s1. The predicted octanol–water partition coefficient (Wildman–Crippen LogP) is 5.99. The minimum absolute atomic E-state index is 0.0184. The summed E-state index contributed by atoms with van der Waals surface area (Å²) < 4.78 is 5.30. The number of nitrogens with one attached hydrogen (secondary N) is 1. The van der Waals surface area contributed by atoms with Gasteiger partial charge in [-0.25, -0.2) is 0 Å². The van der Waals surface area contributed by atoms with E-state index in [0.717, 1.165) is 33.5 Å². The van der Waals surface area contributed by atoms with Crippen molar-refractivity contribution in [1.82, 2.24) is 10.3 Å². The molecular weight excluding hydrogens is 384 g/mol. The van der Waals surface area contributed by atoms with Crippen molar-refractivity contribution >= 4 is 28.4 Å². The van der Waals surface area contributed by atoms with Crippen LogP contribution in [0.3, 0.4) is 0 Å².